The summed E-state index contributed by atoms with van der Waals surface area (Å²) >= 11 is 0. The van der Waals surface area contributed by atoms with Crippen LogP contribution in [-0.4, -0.2) is 46.9 Å². The maximum absolute atomic E-state index is 11.6. The van der Waals surface area contributed by atoms with Crippen molar-refractivity contribution >= 4 is 11.9 Å². The van der Waals surface area contributed by atoms with E-state index < -0.39 is 17.9 Å². The molecule has 0 bridgehead atoms. The molecular formula is C10H13N3O4. The zero-order chi connectivity index (χ0) is 12.7. The molecule has 1 atom stereocenters. The molecule has 0 radical (unpaired) electrons. The predicted molar refractivity (Wildman–Crippen MR) is 57.4 cm³/mol. The van der Waals surface area contributed by atoms with Gasteiger partial charge < -0.3 is 15.2 Å². The standard InChI is InChI=1S/C10H13N3O4/c1-17-5-3-8(10(15)16)13-9(14)7-2-4-11-12-6-7/h2,4,6,8H,3,5H2,1H3,(H,13,14)(H,15,16). The summed E-state index contributed by atoms with van der Waals surface area (Å²) in [7, 11) is 1.47. The average Bonchev–Trinajstić information content (AvgIpc) is 2.35. The average molecular weight is 239 g/mol. The fourth-order valence-corrected chi connectivity index (χ4v) is 1.16. The van der Waals surface area contributed by atoms with E-state index in [-0.39, 0.29) is 18.6 Å². The first-order chi connectivity index (χ1) is 8.15. The molecule has 0 saturated carbocycles. The van der Waals surface area contributed by atoms with Crippen molar-refractivity contribution in [2.75, 3.05) is 13.7 Å². The second-order valence-electron chi connectivity index (χ2n) is 3.28. The van der Waals surface area contributed by atoms with Gasteiger partial charge in [-0.2, -0.15) is 10.2 Å². The van der Waals surface area contributed by atoms with Gasteiger partial charge in [-0.25, -0.2) is 4.79 Å². The van der Waals surface area contributed by atoms with Crippen molar-refractivity contribution < 1.29 is 19.4 Å². The van der Waals surface area contributed by atoms with Crippen molar-refractivity contribution in [3.05, 3.63) is 24.0 Å². The number of ether oxygens (including phenoxy) is 1. The second kappa shape index (κ2) is 6.54. The first-order valence-corrected chi connectivity index (χ1v) is 4.94. The highest BCUT2D eigenvalue weighted by Crippen LogP contribution is 1.98. The van der Waals surface area contributed by atoms with Crippen molar-refractivity contribution in [2.24, 2.45) is 0 Å². The van der Waals surface area contributed by atoms with E-state index in [0.717, 1.165) is 0 Å². The molecule has 1 aromatic heterocycles. The number of nitrogens with one attached hydrogen (secondary N) is 1. The number of carboxylic acids is 1. The van der Waals surface area contributed by atoms with Crippen molar-refractivity contribution in [1.29, 1.82) is 0 Å². The molecule has 1 amide bonds. The molecule has 7 nitrogen and oxygen atoms in total. The van der Waals surface area contributed by atoms with Crippen LogP contribution in [-0.2, 0) is 9.53 Å². The zero-order valence-corrected chi connectivity index (χ0v) is 9.29. The third kappa shape index (κ3) is 4.15. The molecule has 17 heavy (non-hydrogen) atoms. The number of aliphatic carboxylic acids is 1. The topological polar surface area (TPSA) is 101 Å². The number of carbonyl (C=O) groups excluding carboxylic acids is 1. The van der Waals surface area contributed by atoms with Crippen LogP contribution in [0.3, 0.4) is 0 Å². The van der Waals surface area contributed by atoms with Gasteiger partial charge in [0.2, 0.25) is 0 Å². The Morgan fingerprint density at radius 3 is 2.82 bits per heavy atom. The molecule has 1 heterocycles. The molecular weight excluding hydrogens is 226 g/mol. The maximum atomic E-state index is 11.6. The van der Waals surface area contributed by atoms with Gasteiger partial charge in [0.15, 0.2) is 0 Å². The molecule has 2 N–H and O–H groups in total. The lowest BCUT2D eigenvalue weighted by molar-refractivity contribution is -0.139. The molecule has 1 unspecified atom stereocenters. The lowest BCUT2D eigenvalue weighted by Gasteiger charge is -2.13. The van der Waals surface area contributed by atoms with Crippen LogP contribution < -0.4 is 5.32 Å². The van der Waals surface area contributed by atoms with Gasteiger partial charge in [0.25, 0.3) is 5.91 Å². The van der Waals surface area contributed by atoms with Crippen molar-refractivity contribution in [3.8, 4) is 0 Å². The van der Waals surface area contributed by atoms with Crippen LogP contribution in [0, 0.1) is 0 Å². The number of aromatic nitrogens is 2. The first kappa shape index (κ1) is 13.0. The molecule has 0 aliphatic carbocycles. The number of hydrogen-bond acceptors (Lipinski definition) is 5. The van der Waals surface area contributed by atoms with Crippen molar-refractivity contribution in [1.82, 2.24) is 15.5 Å². The van der Waals surface area contributed by atoms with Crippen LogP contribution in [0.25, 0.3) is 0 Å². The highest BCUT2D eigenvalue weighted by Gasteiger charge is 2.20. The van der Waals surface area contributed by atoms with Gasteiger partial charge in [-0.05, 0) is 6.07 Å². The minimum absolute atomic E-state index is 0.204. The molecule has 92 valence electrons. The third-order valence-corrected chi connectivity index (χ3v) is 2.06. The monoisotopic (exact) mass is 239 g/mol. The van der Waals surface area contributed by atoms with E-state index in [1.807, 2.05) is 0 Å². The minimum atomic E-state index is -1.10. The number of rotatable bonds is 6. The molecule has 1 aromatic rings. The summed E-state index contributed by atoms with van der Waals surface area (Å²) in [5.41, 5.74) is 0.267. The van der Waals surface area contributed by atoms with Gasteiger partial charge in [-0.3, -0.25) is 4.79 Å². The lowest BCUT2D eigenvalue weighted by atomic mass is 10.2. The van der Waals surface area contributed by atoms with Gasteiger partial charge in [0, 0.05) is 20.1 Å². The highest BCUT2D eigenvalue weighted by molar-refractivity contribution is 5.96. The van der Waals surface area contributed by atoms with Crippen LogP contribution in [0.4, 0.5) is 0 Å². The number of methoxy groups -OCH3 is 1. The fraction of sp³-hybridized carbons (Fsp3) is 0.400. The van der Waals surface area contributed by atoms with Crippen molar-refractivity contribution in [3.63, 3.8) is 0 Å². The SMILES string of the molecule is COCCC(NC(=O)c1ccnnc1)C(=O)O. The quantitative estimate of drug-likeness (QED) is 0.706. The Morgan fingerprint density at radius 2 is 2.29 bits per heavy atom. The van der Waals surface area contributed by atoms with E-state index in [2.05, 4.69) is 15.5 Å². The molecule has 0 aliphatic heterocycles. The lowest BCUT2D eigenvalue weighted by Crippen LogP contribution is -2.41. The van der Waals surface area contributed by atoms with Crippen LogP contribution in [0.1, 0.15) is 16.8 Å². The van der Waals surface area contributed by atoms with Gasteiger partial charge in [-0.15, -0.1) is 0 Å². The Bertz CT molecular complexity index is 382. The summed E-state index contributed by atoms with van der Waals surface area (Å²) < 4.78 is 4.77. The molecule has 0 aromatic carbocycles. The minimum Gasteiger partial charge on any atom is -0.480 e. The van der Waals surface area contributed by atoms with Crippen molar-refractivity contribution in [2.45, 2.75) is 12.5 Å². The molecule has 0 fully saturated rings. The normalized spacial score (nSPS) is 11.8. The zero-order valence-electron chi connectivity index (χ0n) is 9.29. The Hall–Kier alpha value is -2.02. The van der Waals surface area contributed by atoms with Gasteiger partial charge >= 0.3 is 5.97 Å². The number of nitrogens with zero attached hydrogens (tertiary/aromatic N) is 2. The van der Waals surface area contributed by atoms with Crippen LogP contribution in [0.5, 0.6) is 0 Å². The molecule has 1 rings (SSSR count). The van der Waals surface area contributed by atoms with Gasteiger partial charge in [0.05, 0.1) is 18.0 Å². The first-order valence-electron chi connectivity index (χ1n) is 4.94. The van der Waals surface area contributed by atoms with Gasteiger partial charge in [0.1, 0.15) is 6.04 Å². The number of amides is 1. The summed E-state index contributed by atoms with van der Waals surface area (Å²) in [4.78, 5) is 22.5. The number of carboxylic acid groups (broad SMARTS) is 1. The van der Waals surface area contributed by atoms with E-state index >= 15 is 0 Å². The molecule has 7 heteroatoms. The number of hydrogen-bond donors (Lipinski definition) is 2. The Balaban J connectivity index is 2.61. The Labute approximate surface area is 97.8 Å². The van der Waals surface area contributed by atoms with E-state index in [1.165, 1.54) is 25.6 Å². The summed E-state index contributed by atoms with van der Waals surface area (Å²) in [5, 5.41) is 18.3. The van der Waals surface area contributed by atoms with Crippen LogP contribution >= 0.6 is 0 Å². The fourth-order valence-electron chi connectivity index (χ4n) is 1.16. The smallest absolute Gasteiger partial charge is 0.326 e. The summed E-state index contributed by atoms with van der Waals surface area (Å²) in [6.45, 7) is 0.256. The predicted octanol–water partition coefficient (Wildman–Crippen LogP) is -0.304. The summed E-state index contributed by atoms with van der Waals surface area (Å²) in [6.07, 6.45) is 2.83. The van der Waals surface area contributed by atoms with Gasteiger partial charge in [-0.1, -0.05) is 0 Å². The van der Waals surface area contributed by atoms with Crippen LogP contribution in [0.15, 0.2) is 18.5 Å². The van der Waals surface area contributed by atoms with E-state index in [9.17, 15) is 9.59 Å². The Kier molecular flexibility index (Phi) is 5.02. The second-order valence-corrected chi connectivity index (χ2v) is 3.28. The molecule has 0 saturated heterocycles. The maximum Gasteiger partial charge on any atom is 0.326 e. The molecule has 0 aliphatic rings. The summed E-state index contributed by atoms with van der Waals surface area (Å²) in [5.74, 6) is -1.60. The Morgan fingerprint density at radius 1 is 1.53 bits per heavy atom. The van der Waals surface area contributed by atoms with Crippen LogP contribution in [0.2, 0.25) is 0 Å². The highest BCUT2D eigenvalue weighted by atomic mass is 16.5. The molecule has 0 spiro atoms. The number of carbonyl (C=O) groups is 2. The largest absolute Gasteiger partial charge is 0.480 e. The van der Waals surface area contributed by atoms with E-state index in [4.69, 9.17) is 9.84 Å². The van der Waals surface area contributed by atoms with E-state index in [1.54, 1.807) is 0 Å². The summed E-state index contributed by atoms with van der Waals surface area (Å²) in [6, 6.07) is 0.480. The van der Waals surface area contributed by atoms with E-state index in [0.29, 0.717) is 0 Å². The third-order valence-electron chi connectivity index (χ3n) is 2.06.